The lowest BCUT2D eigenvalue weighted by Crippen LogP contribution is -2.47. The third kappa shape index (κ3) is 4.71. The van der Waals surface area contributed by atoms with Crippen LogP contribution in [0.15, 0.2) is 61.2 Å². The first-order valence-corrected chi connectivity index (χ1v) is 14.9. The zero-order chi connectivity index (χ0) is 30.4. The Bertz CT molecular complexity index is 1820. The number of aromatic amines is 1. The molecule has 1 amide bonds. The summed E-state index contributed by atoms with van der Waals surface area (Å²) < 4.78 is 1.53. The van der Waals surface area contributed by atoms with E-state index in [1.165, 1.54) is 17.8 Å². The highest BCUT2D eigenvalue weighted by molar-refractivity contribution is 6.00. The Balaban J connectivity index is 1.27. The molecule has 0 aliphatic carbocycles. The molecule has 2 aliphatic heterocycles. The van der Waals surface area contributed by atoms with Gasteiger partial charge in [-0.15, -0.1) is 0 Å². The van der Waals surface area contributed by atoms with Crippen molar-refractivity contribution in [2.24, 2.45) is 5.92 Å². The Morgan fingerprint density at radius 3 is 2.59 bits per heavy atom. The topological polar surface area (TPSA) is 168 Å². The van der Waals surface area contributed by atoms with Crippen LogP contribution in [0.4, 0.5) is 5.82 Å². The number of nitrogens with one attached hydrogen (secondary N) is 1. The van der Waals surface area contributed by atoms with E-state index in [-0.39, 0.29) is 53.9 Å². The minimum absolute atomic E-state index is 0.0711. The molecule has 1 aromatic carbocycles. The number of anilines is 1. The molecule has 4 aromatic heterocycles. The van der Waals surface area contributed by atoms with E-state index < -0.39 is 0 Å². The predicted octanol–water partition coefficient (Wildman–Crippen LogP) is 3.91. The van der Waals surface area contributed by atoms with Crippen molar-refractivity contribution in [2.75, 3.05) is 12.3 Å². The van der Waals surface area contributed by atoms with Gasteiger partial charge in [0.25, 0.3) is 5.91 Å². The van der Waals surface area contributed by atoms with Gasteiger partial charge in [-0.1, -0.05) is 36.4 Å². The lowest BCUT2D eigenvalue weighted by atomic mass is 9.83. The minimum atomic E-state index is -0.179. The van der Waals surface area contributed by atoms with Crippen LogP contribution in [0.5, 0.6) is 0 Å². The highest BCUT2D eigenvalue weighted by atomic mass is 16.3. The molecule has 12 heteroatoms. The van der Waals surface area contributed by atoms with Crippen molar-refractivity contribution >= 4 is 23.2 Å². The van der Waals surface area contributed by atoms with Gasteiger partial charge >= 0.3 is 0 Å². The first-order valence-electron chi connectivity index (χ1n) is 14.9. The van der Waals surface area contributed by atoms with Crippen LogP contribution in [0.1, 0.15) is 71.6 Å². The number of hydrogen-bond acceptors (Lipinski definition) is 9. The summed E-state index contributed by atoms with van der Waals surface area (Å²) >= 11 is 0. The number of carbonyl (C=O) groups excluding carboxylic acids is 2. The van der Waals surface area contributed by atoms with Gasteiger partial charge < -0.3 is 15.7 Å². The molecule has 2 aliphatic rings. The lowest BCUT2D eigenvalue weighted by Gasteiger charge is -2.39. The SMILES string of the molecule is CC(=O)c1c(C2CC3CC(CCCO)C(C2)N3C(=O)c2ncn[nH]2)nc2c(-c3ccc(-c4ccccc4)nc3)cnn2c1N. The number of nitrogens with two attached hydrogens (primary N) is 1. The third-order valence-corrected chi connectivity index (χ3v) is 9.13. The van der Waals surface area contributed by atoms with E-state index in [1.54, 1.807) is 12.4 Å². The third-order valence-electron chi connectivity index (χ3n) is 9.13. The van der Waals surface area contributed by atoms with E-state index in [0.29, 0.717) is 36.2 Å². The largest absolute Gasteiger partial charge is 0.396 e. The van der Waals surface area contributed by atoms with Gasteiger partial charge in [-0.2, -0.15) is 14.7 Å². The molecule has 224 valence electrons. The second-order valence-electron chi connectivity index (χ2n) is 11.7. The van der Waals surface area contributed by atoms with Crippen molar-refractivity contribution < 1.29 is 14.7 Å². The molecule has 6 heterocycles. The van der Waals surface area contributed by atoms with E-state index in [9.17, 15) is 14.7 Å². The number of benzene rings is 1. The van der Waals surface area contributed by atoms with Gasteiger partial charge in [0.15, 0.2) is 11.4 Å². The Morgan fingerprint density at radius 2 is 1.89 bits per heavy atom. The second kappa shape index (κ2) is 11.3. The average molecular weight is 592 g/mol. The first-order chi connectivity index (χ1) is 21.4. The van der Waals surface area contributed by atoms with Crippen molar-refractivity contribution in [1.82, 2.24) is 39.7 Å². The summed E-state index contributed by atoms with van der Waals surface area (Å²) in [5, 5.41) is 20.6. The molecule has 2 saturated heterocycles. The van der Waals surface area contributed by atoms with Crippen LogP contribution < -0.4 is 5.73 Å². The Morgan fingerprint density at radius 1 is 1.05 bits per heavy atom. The van der Waals surface area contributed by atoms with Crippen LogP contribution in [0, 0.1) is 5.92 Å². The van der Waals surface area contributed by atoms with Gasteiger partial charge in [0.1, 0.15) is 12.1 Å². The Labute approximate surface area is 253 Å². The number of amides is 1. The van der Waals surface area contributed by atoms with E-state index in [1.807, 2.05) is 47.4 Å². The number of fused-ring (bicyclic) bond motifs is 3. The number of piperidine rings is 1. The van der Waals surface area contributed by atoms with Crippen molar-refractivity contribution in [3.8, 4) is 22.4 Å². The number of H-pyrrole nitrogens is 1. The number of hydrogen-bond donors (Lipinski definition) is 3. The monoisotopic (exact) mass is 591 g/mol. The van der Waals surface area contributed by atoms with Crippen LogP contribution in [-0.2, 0) is 0 Å². The van der Waals surface area contributed by atoms with Gasteiger partial charge in [-0.3, -0.25) is 19.7 Å². The zero-order valence-corrected chi connectivity index (χ0v) is 24.3. The van der Waals surface area contributed by atoms with Crippen LogP contribution in [0.3, 0.4) is 0 Å². The van der Waals surface area contributed by atoms with E-state index in [4.69, 9.17) is 10.7 Å². The van der Waals surface area contributed by atoms with Crippen molar-refractivity contribution in [3.05, 3.63) is 78.3 Å². The number of ketones is 1. The molecule has 12 nitrogen and oxygen atoms in total. The lowest BCUT2D eigenvalue weighted by molar-refractivity contribution is 0.0527. The van der Waals surface area contributed by atoms with Crippen LogP contribution in [0.2, 0.25) is 0 Å². The van der Waals surface area contributed by atoms with E-state index in [0.717, 1.165) is 35.2 Å². The number of nitrogens with zero attached hydrogens (tertiary/aromatic N) is 7. The zero-order valence-electron chi connectivity index (χ0n) is 24.3. The fourth-order valence-electron chi connectivity index (χ4n) is 7.21. The number of nitrogen functional groups attached to an aromatic ring is 1. The summed E-state index contributed by atoms with van der Waals surface area (Å²) in [4.78, 5) is 42.4. The maximum absolute atomic E-state index is 13.5. The Kier molecular flexibility index (Phi) is 7.13. The number of rotatable bonds is 8. The standard InChI is InChI=1S/C32H33N9O3/c1-18(43)27-28(22-13-23-12-20(8-5-11-42)26(14-22)40(23)32(44)30-35-17-36-39-30)38-31-24(16-37-41(31)29(27)33)21-9-10-25(34-15-21)19-6-3-2-4-7-19/h2-4,6-7,9-10,15-17,20,22-23,26,42H,5,8,11-14,33H2,1H3,(H,35,36,39). The van der Waals surface area contributed by atoms with Crippen LogP contribution >= 0.6 is 0 Å². The number of aromatic nitrogens is 7. The number of Topliss-reactive ketones (excluding diaryl/α,β-unsaturated/α-hetero) is 1. The molecule has 7 rings (SSSR count). The van der Waals surface area contributed by atoms with Crippen LogP contribution in [0.25, 0.3) is 28.0 Å². The number of aliphatic hydroxyl groups excluding tert-OH is 1. The molecule has 4 atom stereocenters. The molecule has 4 N–H and O–H groups in total. The van der Waals surface area contributed by atoms with Gasteiger partial charge in [-0.05, 0) is 51.0 Å². The molecule has 44 heavy (non-hydrogen) atoms. The quantitative estimate of drug-likeness (QED) is 0.227. The van der Waals surface area contributed by atoms with Gasteiger partial charge in [0.05, 0.1) is 23.1 Å². The Hall–Kier alpha value is -4.97. The number of aliphatic hydroxyl groups is 1. The highest BCUT2D eigenvalue weighted by Gasteiger charge is 2.50. The van der Waals surface area contributed by atoms with Crippen molar-refractivity contribution in [3.63, 3.8) is 0 Å². The second-order valence-corrected chi connectivity index (χ2v) is 11.7. The summed E-state index contributed by atoms with van der Waals surface area (Å²) in [6, 6.07) is 13.7. The molecular weight excluding hydrogens is 558 g/mol. The smallest absolute Gasteiger partial charge is 0.291 e. The predicted molar refractivity (Wildman–Crippen MR) is 163 cm³/mol. The summed E-state index contributed by atoms with van der Waals surface area (Å²) in [5.74, 6) is 0.220. The van der Waals surface area contributed by atoms with Gasteiger partial charge in [0, 0.05) is 47.5 Å². The highest BCUT2D eigenvalue weighted by Crippen LogP contribution is 2.48. The number of carbonyl (C=O) groups is 2. The molecular formula is C32H33N9O3. The molecule has 2 bridgehead atoms. The maximum atomic E-state index is 13.5. The normalized spacial score (nSPS) is 21.2. The molecule has 5 aromatic rings. The molecule has 0 saturated carbocycles. The maximum Gasteiger partial charge on any atom is 0.291 e. The van der Waals surface area contributed by atoms with Crippen molar-refractivity contribution in [1.29, 1.82) is 0 Å². The summed E-state index contributed by atoms with van der Waals surface area (Å²) in [5.41, 5.74) is 11.7. The molecule has 0 radical (unpaired) electrons. The first kappa shape index (κ1) is 27.8. The summed E-state index contributed by atoms with van der Waals surface area (Å²) in [7, 11) is 0. The van der Waals surface area contributed by atoms with E-state index in [2.05, 4.69) is 25.3 Å². The fourth-order valence-corrected chi connectivity index (χ4v) is 7.21. The average Bonchev–Trinajstić information content (AvgIpc) is 3.78. The number of pyridine rings is 1. The molecule has 2 fully saturated rings. The molecule has 4 unspecified atom stereocenters. The minimum Gasteiger partial charge on any atom is -0.396 e. The van der Waals surface area contributed by atoms with Crippen LogP contribution in [-0.4, -0.2) is 75.2 Å². The fraction of sp³-hybridized carbons (Fsp3) is 0.344. The van der Waals surface area contributed by atoms with E-state index >= 15 is 0 Å². The van der Waals surface area contributed by atoms with Gasteiger partial charge in [0.2, 0.25) is 5.82 Å². The summed E-state index contributed by atoms with van der Waals surface area (Å²) in [6.07, 6.45) is 8.37. The van der Waals surface area contributed by atoms with Crippen molar-refractivity contribution in [2.45, 2.75) is 57.0 Å². The summed E-state index contributed by atoms with van der Waals surface area (Å²) in [6.45, 7) is 1.60. The molecule has 0 spiro atoms. The van der Waals surface area contributed by atoms with Gasteiger partial charge in [-0.25, -0.2) is 9.97 Å².